The molecule has 1 saturated carbocycles. The Morgan fingerprint density at radius 2 is 2.10 bits per heavy atom. The van der Waals surface area contributed by atoms with Crippen LogP contribution < -0.4 is 10.1 Å². The van der Waals surface area contributed by atoms with Crippen LogP contribution in [-0.2, 0) is 11.3 Å². The van der Waals surface area contributed by atoms with Crippen LogP contribution in [0.1, 0.15) is 37.9 Å². The van der Waals surface area contributed by atoms with E-state index in [1.807, 2.05) is 28.8 Å². The van der Waals surface area contributed by atoms with E-state index in [-0.39, 0.29) is 5.91 Å². The molecule has 0 unspecified atom stereocenters. The highest BCUT2D eigenvalue weighted by Crippen LogP contribution is 2.28. The Morgan fingerprint density at radius 1 is 1.31 bits per heavy atom. The standard InChI is InChI=1S/C21H31N5O2S/c1-25(2)11-12-29-21-24-23-19(15-22-20(27)13-16-7-4-5-8-16)26(21)17-9-6-10-18(14-17)28-3/h6,9-10,14,16H,4-5,7-8,11-13,15H2,1-3H3,(H,22,27). The van der Waals surface area contributed by atoms with Crippen molar-refractivity contribution >= 4 is 17.7 Å². The van der Waals surface area contributed by atoms with E-state index in [9.17, 15) is 4.79 Å². The fourth-order valence-corrected chi connectivity index (χ4v) is 4.64. The van der Waals surface area contributed by atoms with E-state index >= 15 is 0 Å². The molecule has 1 amide bonds. The van der Waals surface area contributed by atoms with E-state index in [1.54, 1.807) is 18.9 Å². The van der Waals surface area contributed by atoms with Gasteiger partial charge < -0.3 is 15.0 Å². The molecule has 29 heavy (non-hydrogen) atoms. The predicted octanol–water partition coefficient (Wildman–Crippen LogP) is 3.13. The van der Waals surface area contributed by atoms with Crippen molar-refractivity contribution in [2.75, 3.05) is 33.5 Å². The quantitative estimate of drug-likeness (QED) is 0.599. The lowest BCUT2D eigenvalue weighted by Crippen LogP contribution is -2.26. The van der Waals surface area contributed by atoms with Crippen molar-refractivity contribution in [2.45, 2.75) is 43.8 Å². The molecule has 1 aliphatic rings. The Kier molecular flexibility index (Phi) is 7.94. The number of methoxy groups -OCH3 is 1. The van der Waals surface area contributed by atoms with Crippen LogP contribution in [0.15, 0.2) is 29.4 Å². The van der Waals surface area contributed by atoms with Gasteiger partial charge in [0, 0.05) is 24.8 Å². The van der Waals surface area contributed by atoms with Gasteiger partial charge in [-0.25, -0.2) is 0 Å². The van der Waals surface area contributed by atoms with Crippen LogP contribution in [-0.4, -0.2) is 59.1 Å². The molecule has 8 heteroatoms. The number of carbonyl (C=O) groups is 1. The SMILES string of the molecule is COc1cccc(-n2c(CNC(=O)CC3CCCC3)nnc2SCCN(C)C)c1. The number of ether oxygens (including phenoxy) is 1. The van der Waals surface area contributed by atoms with Crippen LogP contribution in [0.5, 0.6) is 5.75 Å². The van der Waals surface area contributed by atoms with Crippen molar-refractivity contribution in [3.63, 3.8) is 0 Å². The number of nitrogens with one attached hydrogen (secondary N) is 1. The molecule has 1 aromatic carbocycles. The summed E-state index contributed by atoms with van der Waals surface area (Å²) in [6.07, 6.45) is 5.43. The number of hydrogen-bond donors (Lipinski definition) is 1. The maximum Gasteiger partial charge on any atom is 0.220 e. The molecule has 0 spiro atoms. The summed E-state index contributed by atoms with van der Waals surface area (Å²) < 4.78 is 7.39. The Balaban J connectivity index is 1.74. The second-order valence-corrected chi connectivity index (χ2v) is 8.78. The smallest absolute Gasteiger partial charge is 0.220 e. The summed E-state index contributed by atoms with van der Waals surface area (Å²) in [6.45, 7) is 1.31. The van der Waals surface area contributed by atoms with E-state index in [1.165, 1.54) is 25.7 Å². The van der Waals surface area contributed by atoms with Gasteiger partial charge in [-0.3, -0.25) is 9.36 Å². The predicted molar refractivity (Wildman–Crippen MR) is 116 cm³/mol. The van der Waals surface area contributed by atoms with Crippen LogP contribution >= 0.6 is 11.8 Å². The van der Waals surface area contributed by atoms with Crippen molar-refractivity contribution in [3.05, 3.63) is 30.1 Å². The number of nitrogens with zero attached hydrogens (tertiary/aromatic N) is 4. The van der Waals surface area contributed by atoms with Crippen LogP contribution in [0, 0.1) is 5.92 Å². The molecule has 1 aromatic heterocycles. The molecular formula is C21H31N5O2S. The van der Waals surface area contributed by atoms with Crippen molar-refractivity contribution in [1.29, 1.82) is 0 Å². The minimum atomic E-state index is 0.0962. The van der Waals surface area contributed by atoms with Gasteiger partial charge in [-0.15, -0.1) is 10.2 Å². The second-order valence-electron chi connectivity index (χ2n) is 7.72. The molecule has 0 radical (unpaired) electrons. The van der Waals surface area contributed by atoms with Crippen LogP contribution in [0.3, 0.4) is 0 Å². The minimum absolute atomic E-state index is 0.0962. The summed E-state index contributed by atoms with van der Waals surface area (Å²) in [5.74, 6) is 3.03. The van der Waals surface area contributed by atoms with E-state index in [0.717, 1.165) is 34.7 Å². The maximum absolute atomic E-state index is 12.4. The number of amides is 1. The monoisotopic (exact) mass is 417 g/mol. The van der Waals surface area contributed by atoms with Crippen molar-refractivity contribution < 1.29 is 9.53 Å². The molecule has 0 aliphatic heterocycles. The van der Waals surface area contributed by atoms with Gasteiger partial charge >= 0.3 is 0 Å². The highest BCUT2D eigenvalue weighted by atomic mass is 32.2. The number of carbonyl (C=O) groups excluding carboxylic acids is 1. The van der Waals surface area contributed by atoms with Gasteiger partial charge in [0.2, 0.25) is 5.91 Å². The lowest BCUT2D eigenvalue weighted by molar-refractivity contribution is -0.122. The van der Waals surface area contributed by atoms with Gasteiger partial charge in [-0.2, -0.15) is 0 Å². The highest BCUT2D eigenvalue weighted by Gasteiger charge is 2.20. The molecule has 0 bridgehead atoms. The van der Waals surface area contributed by atoms with E-state index < -0.39 is 0 Å². The topological polar surface area (TPSA) is 72.3 Å². The number of hydrogen-bond acceptors (Lipinski definition) is 6. The third-order valence-electron chi connectivity index (χ3n) is 5.17. The lowest BCUT2D eigenvalue weighted by atomic mass is 10.0. The Hall–Kier alpha value is -2.06. The van der Waals surface area contributed by atoms with Gasteiger partial charge in [0.15, 0.2) is 11.0 Å². The van der Waals surface area contributed by atoms with Crippen molar-refractivity contribution in [3.8, 4) is 11.4 Å². The number of aromatic nitrogens is 3. The summed E-state index contributed by atoms with van der Waals surface area (Å²) in [5.41, 5.74) is 0.932. The number of thioether (sulfide) groups is 1. The molecule has 1 fully saturated rings. The molecule has 1 N–H and O–H groups in total. The van der Waals surface area contributed by atoms with Crippen LogP contribution in [0.2, 0.25) is 0 Å². The van der Waals surface area contributed by atoms with Gasteiger partial charge in [0.25, 0.3) is 0 Å². The zero-order valence-corrected chi connectivity index (χ0v) is 18.4. The molecule has 3 rings (SSSR count). The Bertz CT molecular complexity index is 802. The average molecular weight is 418 g/mol. The van der Waals surface area contributed by atoms with Gasteiger partial charge in [-0.05, 0) is 45.0 Å². The fraction of sp³-hybridized carbons (Fsp3) is 0.571. The first kappa shape index (κ1) is 21.6. The van der Waals surface area contributed by atoms with Gasteiger partial charge in [-0.1, -0.05) is 30.7 Å². The molecule has 2 aromatic rings. The molecule has 158 valence electrons. The van der Waals surface area contributed by atoms with Gasteiger partial charge in [0.05, 0.1) is 19.3 Å². The Labute approximate surface area is 177 Å². The largest absolute Gasteiger partial charge is 0.497 e. The summed E-state index contributed by atoms with van der Waals surface area (Å²) in [7, 11) is 5.76. The minimum Gasteiger partial charge on any atom is -0.497 e. The zero-order chi connectivity index (χ0) is 20.6. The second kappa shape index (κ2) is 10.6. The van der Waals surface area contributed by atoms with Gasteiger partial charge in [0.1, 0.15) is 5.75 Å². The molecule has 0 atom stereocenters. The normalized spacial score (nSPS) is 14.5. The van der Waals surface area contributed by atoms with Crippen LogP contribution in [0.4, 0.5) is 0 Å². The van der Waals surface area contributed by atoms with E-state index in [2.05, 4.69) is 34.5 Å². The summed E-state index contributed by atoms with van der Waals surface area (Å²) in [4.78, 5) is 14.5. The summed E-state index contributed by atoms with van der Waals surface area (Å²) in [5, 5.41) is 12.6. The zero-order valence-electron chi connectivity index (χ0n) is 17.6. The molecule has 7 nitrogen and oxygen atoms in total. The Morgan fingerprint density at radius 3 is 2.83 bits per heavy atom. The molecule has 1 heterocycles. The summed E-state index contributed by atoms with van der Waals surface area (Å²) in [6, 6.07) is 7.83. The first-order valence-electron chi connectivity index (χ1n) is 10.2. The molecule has 1 aliphatic carbocycles. The van der Waals surface area contributed by atoms with Crippen LogP contribution in [0.25, 0.3) is 5.69 Å². The first-order valence-corrected chi connectivity index (χ1v) is 11.2. The molecule has 0 saturated heterocycles. The van der Waals surface area contributed by atoms with Crippen molar-refractivity contribution in [1.82, 2.24) is 25.0 Å². The third kappa shape index (κ3) is 6.21. The van der Waals surface area contributed by atoms with E-state index in [0.29, 0.717) is 18.9 Å². The number of benzene rings is 1. The summed E-state index contributed by atoms with van der Waals surface area (Å²) >= 11 is 1.66. The lowest BCUT2D eigenvalue weighted by Gasteiger charge is -2.13. The highest BCUT2D eigenvalue weighted by molar-refractivity contribution is 7.99. The first-order chi connectivity index (χ1) is 14.1. The fourth-order valence-electron chi connectivity index (χ4n) is 3.56. The maximum atomic E-state index is 12.4. The third-order valence-corrected chi connectivity index (χ3v) is 6.08. The average Bonchev–Trinajstić information content (AvgIpc) is 3.36. The number of rotatable bonds is 10. The van der Waals surface area contributed by atoms with Crippen molar-refractivity contribution in [2.24, 2.45) is 5.92 Å². The van der Waals surface area contributed by atoms with E-state index in [4.69, 9.17) is 4.74 Å². The molecular weight excluding hydrogens is 386 g/mol.